The van der Waals surface area contributed by atoms with Gasteiger partial charge in [0.2, 0.25) is 0 Å². The number of anilines is 1. The van der Waals surface area contributed by atoms with Crippen LogP contribution < -0.4 is 10.1 Å². The molecule has 108 valence electrons. The summed E-state index contributed by atoms with van der Waals surface area (Å²) >= 11 is 0. The molecular weight excluding hydrogens is 271 g/mol. The van der Waals surface area contributed by atoms with Gasteiger partial charge in [0.25, 0.3) is 0 Å². The molecule has 6 heteroatoms. The molecule has 0 unspecified atom stereocenters. The Morgan fingerprint density at radius 1 is 1.15 bits per heavy atom. The van der Waals surface area contributed by atoms with Crippen molar-refractivity contribution in [1.29, 1.82) is 0 Å². The van der Waals surface area contributed by atoms with E-state index in [-0.39, 0.29) is 5.75 Å². The number of ether oxygens (including phenoxy) is 1. The first-order chi connectivity index (χ1) is 9.44. The highest BCUT2D eigenvalue weighted by Gasteiger charge is 2.28. The second kappa shape index (κ2) is 5.90. The lowest BCUT2D eigenvalue weighted by Gasteiger charge is -2.10. The maximum Gasteiger partial charge on any atom is 0.422 e. The molecule has 0 fully saturated rings. The second-order valence-corrected chi connectivity index (χ2v) is 4.31. The zero-order valence-electron chi connectivity index (χ0n) is 10.8. The van der Waals surface area contributed by atoms with E-state index >= 15 is 0 Å². The van der Waals surface area contributed by atoms with Crippen LogP contribution in [-0.2, 0) is 6.54 Å². The normalized spacial score (nSPS) is 11.4. The second-order valence-electron chi connectivity index (χ2n) is 4.31. The summed E-state index contributed by atoms with van der Waals surface area (Å²) in [5.74, 6) is 1.00. The molecule has 2 rings (SSSR count). The average molecular weight is 285 g/mol. The van der Waals surface area contributed by atoms with Crippen LogP contribution in [0.3, 0.4) is 0 Å². The Morgan fingerprint density at radius 3 is 2.40 bits per heavy atom. The zero-order valence-corrected chi connectivity index (χ0v) is 10.8. The molecule has 0 aliphatic heterocycles. The van der Waals surface area contributed by atoms with E-state index in [9.17, 15) is 13.2 Å². The molecule has 3 nitrogen and oxygen atoms in total. The molecule has 0 radical (unpaired) electrons. The van der Waals surface area contributed by atoms with Gasteiger partial charge in [-0.1, -0.05) is 0 Å². The predicted octanol–water partition coefficient (Wildman–Crippen LogP) is 4.14. The molecule has 0 aliphatic rings. The molecule has 1 heterocycles. The lowest BCUT2D eigenvalue weighted by atomic mass is 10.2. The Bertz CT molecular complexity index is 546. The summed E-state index contributed by atoms with van der Waals surface area (Å²) in [7, 11) is 0. The van der Waals surface area contributed by atoms with Gasteiger partial charge in [0.05, 0.1) is 12.8 Å². The van der Waals surface area contributed by atoms with Crippen molar-refractivity contribution >= 4 is 5.69 Å². The van der Waals surface area contributed by atoms with Crippen LogP contribution in [0.15, 0.2) is 41.0 Å². The summed E-state index contributed by atoms with van der Waals surface area (Å²) < 4.78 is 45.9. The Balaban J connectivity index is 1.87. The first-order valence-corrected chi connectivity index (χ1v) is 6.00. The fourth-order valence-corrected chi connectivity index (χ4v) is 1.60. The minimum Gasteiger partial charge on any atom is -0.484 e. The van der Waals surface area contributed by atoms with Crippen molar-refractivity contribution in [1.82, 2.24) is 0 Å². The Kier molecular flexibility index (Phi) is 4.22. The summed E-state index contributed by atoms with van der Waals surface area (Å²) in [4.78, 5) is 0. The van der Waals surface area contributed by atoms with E-state index in [1.165, 1.54) is 12.1 Å². The fourth-order valence-electron chi connectivity index (χ4n) is 1.60. The molecule has 1 aromatic heterocycles. The lowest BCUT2D eigenvalue weighted by molar-refractivity contribution is -0.153. The number of hydrogen-bond acceptors (Lipinski definition) is 3. The highest BCUT2D eigenvalue weighted by molar-refractivity contribution is 5.46. The van der Waals surface area contributed by atoms with E-state index < -0.39 is 12.8 Å². The third-order valence-electron chi connectivity index (χ3n) is 2.68. The van der Waals surface area contributed by atoms with Gasteiger partial charge in [-0.25, -0.2) is 0 Å². The number of halogens is 3. The molecule has 0 saturated heterocycles. The van der Waals surface area contributed by atoms with Crippen molar-refractivity contribution in [2.45, 2.75) is 19.6 Å². The first kappa shape index (κ1) is 14.3. The van der Waals surface area contributed by atoms with Crippen LogP contribution >= 0.6 is 0 Å². The molecule has 20 heavy (non-hydrogen) atoms. The SMILES string of the molecule is Cc1ccoc1CNc1ccc(OCC(F)(F)F)cc1. The van der Waals surface area contributed by atoms with Crippen molar-refractivity contribution in [2.24, 2.45) is 0 Å². The van der Waals surface area contributed by atoms with Gasteiger partial charge in [-0.2, -0.15) is 13.2 Å². The molecule has 1 N–H and O–H groups in total. The van der Waals surface area contributed by atoms with Crippen LogP contribution in [0, 0.1) is 6.92 Å². The van der Waals surface area contributed by atoms with Gasteiger partial charge in [-0.3, -0.25) is 0 Å². The quantitative estimate of drug-likeness (QED) is 0.896. The van der Waals surface area contributed by atoms with Crippen molar-refractivity contribution in [3.8, 4) is 5.75 Å². The summed E-state index contributed by atoms with van der Waals surface area (Å²) in [6.07, 6.45) is -2.71. The Labute approximate surface area is 114 Å². The Morgan fingerprint density at radius 2 is 1.85 bits per heavy atom. The third-order valence-corrected chi connectivity index (χ3v) is 2.68. The number of alkyl halides is 3. The number of hydrogen-bond donors (Lipinski definition) is 1. The highest BCUT2D eigenvalue weighted by Crippen LogP contribution is 2.21. The minimum absolute atomic E-state index is 0.182. The van der Waals surface area contributed by atoms with Gasteiger partial charge >= 0.3 is 6.18 Å². The maximum absolute atomic E-state index is 12.0. The summed E-state index contributed by atoms with van der Waals surface area (Å²) in [6, 6.07) is 8.16. The summed E-state index contributed by atoms with van der Waals surface area (Å²) in [5, 5.41) is 3.12. The Hall–Kier alpha value is -2.11. The minimum atomic E-state index is -4.33. The van der Waals surface area contributed by atoms with E-state index in [2.05, 4.69) is 10.1 Å². The summed E-state index contributed by atoms with van der Waals surface area (Å²) in [6.45, 7) is 1.17. The molecule has 0 aliphatic carbocycles. The average Bonchev–Trinajstić information content (AvgIpc) is 2.80. The fraction of sp³-hybridized carbons (Fsp3) is 0.286. The van der Waals surface area contributed by atoms with E-state index in [1.807, 2.05) is 13.0 Å². The van der Waals surface area contributed by atoms with E-state index in [0.717, 1.165) is 17.0 Å². The number of nitrogens with one attached hydrogen (secondary N) is 1. The van der Waals surface area contributed by atoms with Crippen molar-refractivity contribution in [3.05, 3.63) is 47.9 Å². The summed E-state index contributed by atoms with van der Waals surface area (Å²) in [5.41, 5.74) is 1.82. The van der Waals surface area contributed by atoms with Crippen molar-refractivity contribution in [2.75, 3.05) is 11.9 Å². The highest BCUT2D eigenvalue weighted by atomic mass is 19.4. The van der Waals surface area contributed by atoms with Gasteiger partial charge in [0.15, 0.2) is 6.61 Å². The molecule has 1 aromatic carbocycles. The van der Waals surface area contributed by atoms with Gasteiger partial charge < -0.3 is 14.5 Å². The van der Waals surface area contributed by atoms with Gasteiger partial charge in [0, 0.05) is 5.69 Å². The lowest BCUT2D eigenvalue weighted by Crippen LogP contribution is -2.19. The first-order valence-electron chi connectivity index (χ1n) is 6.00. The molecule has 0 amide bonds. The van der Waals surface area contributed by atoms with Crippen LogP contribution in [0.2, 0.25) is 0 Å². The topological polar surface area (TPSA) is 34.4 Å². The number of benzene rings is 1. The van der Waals surface area contributed by atoms with Gasteiger partial charge in [-0.05, 0) is 42.8 Å². The monoisotopic (exact) mass is 285 g/mol. The maximum atomic E-state index is 12.0. The van der Waals surface area contributed by atoms with Crippen LogP contribution in [0.25, 0.3) is 0 Å². The molecule has 2 aromatic rings. The zero-order chi connectivity index (χ0) is 14.6. The largest absolute Gasteiger partial charge is 0.484 e. The molecule has 0 atom stereocenters. The molecule has 0 spiro atoms. The number of rotatable bonds is 5. The van der Waals surface area contributed by atoms with Crippen LogP contribution in [0.4, 0.5) is 18.9 Å². The molecule has 0 bridgehead atoms. The van der Waals surface area contributed by atoms with Gasteiger partial charge in [0.1, 0.15) is 11.5 Å². The molecular formula is C14H14F3NO2. The van der Waals surface area contributed by atoms with Gasteiger partial charge in [-0.15, -0.1) is 0 Å². The van der Waals surface area contributed by atoms with E-state index in [4.69, 9.17) is 4.42 Å². The number of aryl methyl sites for hydroxylation is 1. The predicted molar refractivity (Wildman–Crippen MR) is 68.8 cm³/mol. The van der Waals surface area contributed by atoms with E-state index in [1.54, 1.807) is 18.4 Å². The smallest absolute Gasteiger partial charge is 0.422 e. The van der Waals surface area contributed by atoms with Crippen molar-refractivity contribution < 1.29 is 22.3 Å². The molecule has 0 saturated carbocycles. The standard InChI is InChI=1S/C14H14F3NO2/c1-10-6-7-19-13(10)8-18-11-2-4-12(5-3-11)20-9-14(15,16)17/h2-7,18H,8-9H2,1H3. The van der Waals surface area contributed by atoms with Crippen LogP contribution in [0.5, 0.6) is 5.75 Å². The van der Waals surface area contributed by atoms with Crippen molar-refractivity contribution in [3.63, 3.8) is 0 Å². The van der Waals surface area contributed by atoms with E-state index in [0.29, 0.717) is 6.54 Å². The third kappa shape index (κ3) is 4.22. The number of furan rings is 1. The van der Waals surface area contributed by atoms with Crippen LogP contribution in [0.1, 0.15) is 11.3 Å². The van der Waals surface area contributed by atoms with Crippen LogP contribution in [-0.4, -0.2) is 12.8 Å².